The van der Waals surface area contributed by atoms with Gasteiger partial charge in [-0.3, -0.25) is 9.89 Å². The number of nitrogens with one attached hydrogen (secondary N) is 2. The van der Waals surface area contributed by atoms with Crippen molar-refractivity contribution in [3.8, 4) is 0 Å². The van der Waals surface area contributed by atoms with Gasteiger partial charge in [-0.25, -0.2) is 0 Å². The Hall–Kier alpha value is -0.340. The SMILES string of the molecule is CCN(CCNC(=NC)NCC(C)c1cccs1)C1CC1.I. The fourth-order valence-corrected chi connectivity index (χ4v) is 3.29. The zero-order valence-corrected chi connectivity index (χ0v) is 17.0. The quantitative estimate of drug-likeness (QED) is 0.374. The lowest BCUT2D eigenvalue weighted by atomic mass is 10.1. The highest BCUT2D eigenvalue weighted by Gasteiger charge is 2.27. The largest absolute Gasteiger partial charge is 0.356 e. The molecule has 1 heterocycles. The Morgan fingerprint density at radius 1 is 1.45 bits per heavy atom. The van der Waals surface area contributed by atoms with E-state index in [2.05, 4.69) is 51.9 Å². The molecule has 0 saturated heterocycles. The van der Waals surface area contributed by atoms with Crippen LogP contribution in [0.2, 0.25) is 0 Å². The lowest BCUT2D eigenvalue weighted by Crippen LogP contribution is -2.43. The lowest BCUT2D eigenvalue weighted by molar-refractivity contribution is 0.282. The van der Waals surface area contributed by atoms with Crippen LogP contribution in [0.25, 0.3) is 0 Å². The van der Waals surface area contributed by atoms with Crippen molar-refractivity contribution >= 4 is 41.3 Å². The van der Waals surface area contributed by atoms with Gasteiger partial charge in [0, 0.05) is 43.5 Å². The number of likely N-dealkylation sites (N-methyl/N-ethyl adjacent to an activating group) is 1. The molecule has 2 rings (SSSR count). The third kappa shape index (κ3) is 6.42. The summed E-state index contributed by atoms with van der Waals surface area (Å²) in [6, 6.07) is 5.15. The third-order valence-corrected chi connectivity index (χ3v) is 5.09. The van der Waals surface area contributed by atoms with Gasteiger partial charge in [0.05, 0.1) is 0 Å². The second-order valence-electron chi connectivity index (χ2n) is 5.66. The first kappa shape index (κ1) is 19.7. The normalized spacial score (nSPS) is 16.3. The van der Waals surface area contributed by atoms with Crippen LogP contribution in [0.4, 0.5) is 0 Å². The van der Waals surface area contributed by atoms with Gasteiger partial charge in [0.2, 0.25) is 0 Å². The molecule has 0 radical (unpaired) electrons. The number of nitrogens with zero attached hydrogens (tertiary/aromatic N) is 2. The molecule has 0 aromatic carbocycles. The van der Waals surface area contributed by atoms with Crippen molar-refractivity contribution in [1.82, 2.24) is 15.5 Å². The fraction of sp³-hybridized carbons (Fsp3) is 0.688. The highest BCUT2D eigenvalue weighted by molar-refractivity contribution is 14.0. The van der Waals surface area contributed by atoms with Crippen LogP contribution in [-0.2, 0) is 0 Å². The van der Waals surface area contributed by atoms with E-state index < -0.39 is 0 Å². The van der Waals surface area contributed by atoms with Crippen LogP contribution in [0, 0.1) is 0 Å². The van der Waals surface area contributed by atoms with E-state index in [4.69, 9.17) is 0 Å². The van der Waals surface area contributed by atoms with Gasteiger partial charge in [-0.2, -0.15) is 0 Å². The van der Waals surface area contributed by atoms with Crippen molar-refractivity contribution in [2.24, 2.45) is 4.99 Å². The Bertz CT molecular complexity index is 431. The van der Waals surface area contributed by atoms with Crippen LogP contribution in [0.1, 0.15) is 37.5 Å². The molecule has 2 N–H and O–H groups in total. The second kappa shape index (κ2) is 10.4. The molecule has 1 atom stereocenters. The first-order valence-electron chi connectivity index (χ1n) is 7.96. The summed E-state index contributed by atoms with van der Waals surface area (Å²) >= 11 is 1.82. The minimum Gasteiger partial charge on any atom is -0.356 e. The first-order chi connectivity index (χ1) is 10.2. The summed E-state index contributed by atoms with van der Waals surface area (Å²) in [4.78, 5) is 8.27. The number of guanidine groups is 1. The van der Waals surface area contributed by atoms with Crippen molar-refractivity contribution < 1.29 is 0 Å². The molecule has 0 bridgehead atoms. The second-order valence-corrected chi connectivity index (χ2v) is 6.64. The maximum absolute atomic E-state index is 4.30. The number of aliphatic imine (C=N–C) groups is 1. The van der Waals surface area contributed by atoms with Gasteiger partial charge < -0.3 is 10.6 Å². The molecule has 126 valence electrons. The van der Waals surface area contributed by atoms with Crippen LogP contribution in [0.3, 0.4) is 0 Å². The van der Waals surface area contributed by atoms with E-state index in [1.807, 2.05) is 18.4 Å². The molecular formula is C16H29IN4S. The molecular weight excluding hydrogens is 407 g/mol. The summed E-state index contributed by atoms with van der Waals surface area (Å²) in [6.45, 7) is 8.61. The first-order valence-corrected chi connectivity index (χ1v) is 8.84. The molecule has 1 aromatic heterocycles. The van der Waals surface area contributed by atoms with E-state index in [1.54, 1.807) is 0 Å². The van der Waals surface area contributed by atoms with E-state index in [1.165, 1.54) is 17.7 Å². The van der Waals surface area contributed by atoms with Crippen molar-refractivity contribution in [2.75, 3.05) is 33.2 Å². The monoisotopic (exact) mass is 436 g/mol. The highest BCUT2D eigenvalue weighted by atomic mass is 127. The molecule has 1 aliphatic rings. The minimum atomic E-state index is 0. The Kier molecular flexibility index (Phi) is 9.35. The molecule has 0 spiro atoms. The topological polar surface area (TPSA) is 39.7 Å². The van der Waals surface area contributed by atoms with E-state index in [0.29, 0.717) is 5.92 Å². The van der Waals surface area contributed by atoms with Crippen molar-refractivity contribution in [3.05, 3.63) is 22.4 Å². The molecule has 1 aliphatic carbocycles. The van der Waals surface area contributed by atoms with Crippen LogP contribution in [0.5, 0.6) is 0 Å². The predicted molar refractivity (Wildman–Crippen MR) is 108 cm³/mol. The zero-order chi connectivity index (χ0) is 15.1. The molecule has 1 fully saturated rings. The van der Waals surface area contributed by atoms with E-state index in [9.17, 15) is 0 Å². The number of thiophene rings is 1. The minimum absolute atomic E-state index is 0. The maximum Gasteiger partial charge on any atom is 0.191 e. The van der Waals surface area contributed by atoms with Gasteiger partial charge in [0.25, 0.3) is 0 Å². The van der Waals surface area contributed by atoms with Gasteiger partial charge in [-0.15, -0.1) is 35.3 Å². The lowest BCUT2D eigenvalue weighted by Gasteiger charge is -2.21. The van der Waals surface area contributed by atoms with Gasteiger partial charge in [0.1, 0.15) is 0 Å². The summed E-state index contributed by atoms with van der Waals surface area (Å²) in [6.07, 6.45) is 2.75. The molecule has 22 heavy (non-hydrogen) atoms. The Balaban J connectivity index is 0.00000242. The van der Waals surface area contributed by atoms with Gasteiger partial charge >= 0.3 is 0 Å². The maximum atomic E-state index is 4.30. The van der Waals surface area contributed by atoms with Crippen molar-refractivity contribution in [2.45, 2.75) is 38.6 Å². The molecule has 0 aliphatic heterocycles. The van der Waals surface area contributed by atoms with Crippen molar-refractivity contribution in [1.29, 1.82) is 0 Å². The molecule has 6 heteroatoms. The summed E-state index contributed by atoms with van der Waals surface area (Å²) in [5.74, 6) is 1.42. The van der Waals surface area contributed by atoms with E-state index in [-0.39, 0.29) is 24.0 Å². The number of rotatable bonds is 8. The van der Waals surface area contributed by atoms with Crippen LogP contribution < -0.4 is 10.6 Å². The Morgan fingerprint density at radius 2 is 2.23 bits per heavy atom. The van der Waals surface area contributed by atoms with Crippen molar-refractivity contribution in [3.63, 3.8) is 0 Å². The van der Waals surface area contributed by atoms with Gasteiger partial charge in [-0.05, 0) is 30.8 Å². The summed E-state index contributed by atoms with van der Waals surface area (Å²) < 4.78 is 0. The molecule has 1 saturated carbocycles. The van der Waals surface area contributed by atoms with Crippen LogP contribution >= 0.6 is 35.3 Å². The fourth-order valence-electron chi connectivity index (χ4n) is 2.50. The molecule has 1 aromatic rings. The van der Waals surface area contributed by atoms with Crippen LogP contribution in [-0.4, -0.2) is 50.1 Å². The standard InChI is InChI=1S/C16H28N4S.HI/c1-4-20(14-7-8-14)10-9-18-16(17-3)19-12-13(2)15-6-5-11-21-15;/h5-6,11,13-14H,4,7-10,12H2,1-3H3,(H2,17,18,19);1H. The summed E-state index contributed by atoms with van der Waals surface area (Å²) in [5.41, 5.74) is 0. The number of halogens is 1. The Morgan fingerprint density at radius 3 is 2.77 bits per heavy atom. The third-order valence-electron chi connectivity index (χ3n) is 3.99. The smallest absolute Gasteiger partial charge is 0.191 e. The van der Waals surface area contributed by atoms with Gasteiger partial charge in [-0.1, -0.05) is 19.9 Å². The number of hydrogen-bond acceptors (Lipinski definition) is 3. The van der Waals surface area contributed by atoms with E-state index >= 15 is 0 Å². The van der Waals surface area contributed by atoms with Crippen LogP contribution in [0.15, 0.2) is 22.5 Å². The van der Waals surface area contributed by atoms with E-state index in [0.717, 1.165) is 38.2 Å². The highest BCUT2D eigenvalue weighted by Crippen LogP contribution is 2.25. The predicted octanol–water partition coefficient (Wildman–Crippen LogP) is 3.12. The van der Waals surface area contributed by atoms with Gasteiger partial charge in [0.15, 0.2) is 5.96 Å². The molecule has 0 amide bonds. The average molecular weight is 436 g/mol. The molecule has 4 nitrogen and oxygen atoms in total. The molecule has 1 unspecified atom stereocenters. The number of hydrogen-bond donors (Lipinski definition) is 2. The Labute approximate surface area is 155 Å². The summed E-state index contributed by atoms with van der Waals surface area (Å²) in [7, 11) is 1.84. The average Bonchev–Trinajstić information content (AvgIpc) is 3.19. The zero-order valence-electron chi connectivity index (χ0n) is 13.8. The summed E-state index contributed by atoms with van der Waals surface area (Å²) in [5, 5.41) is 8.97.